The highest BCUT2D eigenvalue weighted by Crippen LogP contribution is 2.28. The van der Waals surface area contributed by atoms with Crippen molar-refractivity contribution in [2.75, 3.05) is 12.4 Å². The highest BCUT2D eigenvalue weighted by Gasteiger charge is 2.18. The fourth-order valence-electron chi connectivity index (χ4n) is 2.25. The molecule has 0 aliphatic heterocycles. The largest absolute Gasteiger partial charge is 0.496 e. The molecule has 0 bridgehead atoms. The van der Waals surface area contributed by atoms with Crippen LogP contribution in [0.25, 0.3) is 11.5 Å². The summed E-state index contributed by atoms with van der Waals surface area (Å²) in [7, 11) is 1.56. The number of nitrogens with zero attached hydrogens (tertiary/aromatic N) is 2. The molecule has 3 rings (SSSR count). The molecule has 24 heavy (non-hydrogen) atoms. The average molecular weight is 323 g/mol. The van der Waals surface area contributed by atoms with Crippen LogP contribution in [0.3, 0.4) is 0 Å². The van der Waals surface area contributed by atoms with Crippen LogP contribution in [0.2, 0.25) is 0 Å². The maximum Gasteiger partial charge on any atom is 0.313 e. The molecule has 0 saturated heterocycles. The molecule has 0 radical (unpaired) electrons. The van der Waals surface area contributed by atoms with Crippen molar-refractivity contribution < 1.29 is 13.9 Å². The zero-order valence-electron chi connectivity index (χ0n) is 13.7. The van der Waals surface area contributed by atoms with Crippen molar-refractivity contribution in [1.29, 1.82) is 0 Å². The summed E-state index contributed by atoms with van der Waals surface area (Å²) in [5.41, 5.74) is 3.56. The minimum Gasteiger partial charge on any atom is -0.496 e. The van der Waals surface area contributed by atoms with Gasteiger partial charge in [-0.15, -0.1) is 10.2 Å². The van der Waals surface area contributed by atoms with Crippen molar-refractivity contribution in [3.8, 4) is 17.2 Å². The fraction of sp³-hybridized carbons (Fsp3) is 0.167. The SMILES string of the molecule is COc1ccccc1-c1nnc(C(=O)Nc2ccc(C)c(C)c2)o1. The number of rotatable bonds is 4. The number of ether oxygens (including phenoxy) is 1. The van der Waals surface area contributed by atoms with E-state index in [1.807, 2.05) is 44.2 Å². The molecule has 0 fully saturated rings. The van der Waals surface area contributed by atoms with E-state index in [0.717, 1.165) is 11.1 Å². The highest BCUT2D eigenvalue weighted by atomic mass is 16.5. The van der Waals surface area contributed by atoms with Gasteiger partial charge in [0.25, 0.3) is 5.89 Å². The van der Waals surface area contributed by atoms with Gasteiger partial charge in [-0.2, -0.15) is 0 Å². The third-order valence-electron chi connectivity index (χ3n) is 3.72. The topological polar surface area (TPSA) is 77.2 Å². The predicted octanol–water partition coefficient (Wildman–Crippen LogP) is 3.61. The normalized spacial score (nSPS) is 10.5. The Morgan fingerprint density at radius 3 is 2.62 bits per heavy atom. The minimum absolute atomic E-state index is 0.103. The number of benzene rings is 2. The van der Waals surface area contributed by atoms with E-state index in [2.05, 4.69) is 15.5 Å². The molecule has 0 spiro atoms. The number of methoxy groups -OCH3 is 1. The maximum absolute atomic E-state index is 12.3. The number of aryl methyl sites for hydroxylation is 2. The van der Waals surface area contributed by atoms with Gasteiger partial charge >= 0.3 is 11.8 Å². The molecule has 1 amide bonds. The van der Waals surface area contributed by atoms with Gasteiger partial charge < -0.3 is 14.5 Å². The first kappa shape index (κ1) is 15.7. The van der Waals surface area contributed by atoms with Crippen molar-refractivity contribution in [2.45, 2.75) is 13.8 Å². The molecule has 0 aliphatic carbocycles. The van der Waals surface area contributed by atoms with Crippen molar-refractivity contribution in [1.82, 2.24) is 10.2 Å². The molecule has 6 nitrogen and oxygen atoms in total. The van der Waals surface area contributed by atoms with Gasteiger partial charge in [-0.1, -0.05) is 18.2 Å². The molecule has 0 atom stereocenters. The monoisotopic (exact) mass is 323 g/mol. The van der Waals surface area contributed by atoms with Gasteiger partial charge in [-0.05, 0) is 49.2 Å². The predicted molar refractivity (Wildman–Crippen MR) is 90.2 cm³/mol. The van der Waals surface area contributed by atoms with Gasteiger partial charge in [-0.25, -0.2) is 0 Å². The second-order valence-electron chi connectivity index (χ2n) is 5.37. The molecule has 0 unspecified atom stereocenters. The molecule has 0 aliphatic rings. The smallest absolute Gasteiger partial charge is 0.313 e. The molecule has 1 heterocycles. The zero-order valence-corrected chi connectivity index (χ0v) is 13.7. The summed E-state index contributed by atoms with van der Waals surface area (Å²) in [5.74, 6) is 0.279. The molecule has 0 saturated carbocycles. The Morgan fingerprint density at radius 1 is 1.08 bits per heavy atom. The Labute approximate surface area is 139 Å². The summed E-state index contributed by atoms with van der Waals surface area (Å²) >= 11 is 0. The summed E-state index contributed by atoms with van der Waals surface area (Å²) in [6.07, 6.45) is 0. The average Bonchev–Trinajstić information content (AvgIpc) is 3.08. The van der Waals surface area contributed by atoms with Crippen LogP contribution in [0.15, 0.2) is 46.9 Å². The second-order valence-corrected chi connectivity index (χ2v) is 5.37. The Balaban J connectivity index is 1.82. The first-order valence-electron chi connectivity index (χ1n) is 7.44. The number of carbonyl (C=O) groups is 1. The molecule has 1 aromatic heterocycles. The van der Waals surface area contributed by atoms with E-state index in [1.54, 1.807) is 19.2 Å². The van der Waals surface area contributed by atoms with E-state index in [0.29, 0.717) is 17.0 Å². The Bertz CT molecular complexity index is 887. The van der Waals surface area contributed by atoms with Crippen LogP contribution >= 0.6 is 0 Å². The van der Waals surface area contributed by atoms with Crippen molar-refractivity contribution >= 4 is 11.6 Å². The first-order valence-corrected chi connectivity index (χ1v) is 7.44. The number of aromatic nitrogens is 2. The van der Waals surface area contributed by atoms with E-state index in [9.17, 15) is 4.79 Å². The van der Waals surface area contributed by atoms with Crippen molar-refractivity contribution in [2.24, 2.45) is 0 Å². The summed E-state index contributed by atoms with van der Waals surface area (Å²) in [6.45, 7) is 4.00. The van der Waals surface area contributed by atoms with Crippen LogP contribution in [0, 0.1) is 13.8 Å². The number of amides is 1. The van der Waals surface area contributed by atoms with Crippen LogP contribution in [-0.4, -0.2) is 23.2 Å². The first-order chi connectivity index (χ1) is 11.6. The van der Waals surface area contributed by atoms with Gasteiger partial charge in [0, 0.05) is 5.69 Å². The van der Waals surface area contributed by atoms with Crippen LogP contribution < -0.4 is 10.1 Å². The number of carbonyl (C=O) groups excluding carboxylic acids is 1. The summed E-state index contributed by atoms with van der Waals surface area (Å²) in [5, 5.41) is 10.5. The highest BCUT2D eigenvalue weighted by molar-refractivity contribution is 6.01. The van der Waals surface area contributed by atoms with E-state index in [1.165, 1.54) is 0 Å². The quantitative estimate of drug-likeness (QED) is 0.793. The van der Waals surface area contributed by atoms with Crippen LogP contribution in [0.5, 0.6) is 5.75 Å². The number of anilines is 1. The summed E-state index contributed by atoms with van der Waals surface area (Å²) in [4.78, 5) is 12.3. The van der Waals surface area contributed by atoms with E-state index in [-0.39, 0.29) is 11.8 Å². The Hall–Kier alpha value is -3.15. The van der Waals surface area contributed by atoms with Crippen molar-refractivity contribution in [3.05, 3.63) is 59.5 Å². The molecule has 1 N–H and O–H groups in total. The van der Waals surface area contributed by atoms with E-state index < -0.39 is 5.91 Å². The molecule has 6 heteroatoms. The molecular formula is C18H17N3O3. The van der Waals surface area contributed by atoms with Crippen LogP contribution in [0.1, 0.15) is 21.8 Å². The Morgan fingerprint density at radius 2 is 1.88 bits per heavy atom. The molecule has 122 valence electrons. The fourth-order valence-corrected chi connectivity index (χ4v) is 2.25. The van der Waals surface area contributed by atoms with Crippen molar-refractivity contribution in [3.63, 3.8) is 0 Å². The maximum atomic E-state index is 12.3. The number of hydrogen-bond acceptors (Lipinski definition) is 5. The van der Waals surface area contributed by atoms with E-state index >= 15 is 0 Å². The Kier molecular flexibility index (Phi) is 4.29. The zero-order chi connectivity index (χ0) is 17.1. The second kappa shape index (κ2) is 6.54. The lowest BCUT2D eigenvalue weighted by Crippen LogP contribution is -2.12. The lowest BCUT2D eigenvalue weighted by atomic mass is 10.1. The molecule has 3 aromatic rings. The number of para-hydroxylation sites is 1. The molecular weight excluding hydrogens is 306 g/mol. The summed E-state index contributed by atoms with van der Waals surface area (Å²) in [6, 6.07) is 12.9. The van der Waals surface area contributed by atoms with Gasteiger partial charge in [0.05, 0.1) is 12.7 Å². The summed E-state index contributed by atoms with van der Waals surface area (Å²) < 4.78 is 10.7. The van der Waals surface area contributed by atoms with Gasteiger partial charge in [0.15, 0.2) is 0 Å². The minimum atomic E-state index is -0.452. The van der Waals surface area contributed by atoms with Gasteiger partial charge in [0.1, 0.15) is 5.75 Å². The lowest BCUT2D eigenvalue weighted by molar-refractivity contribution is 0.0991. The standard InChI is InChI=1S/C18H17N3O3/c1-11-8-9-13(10-12(11)2)19-16(22)18-21-20-17(24-18)14-6-4-5-7-15(14)23-3/h4-10H,1-3H3,(H,19,22). The van der Waals surface area contributed by atoms with Crippen LogP contribution in [-0.2, 0) is 0 Å². The number of hydrogen-bond donors (Lipinski definition) is 1. The molecule has 2 aromatic carbocycles. The number of nitrogens with one attached hydrogen (secondary N) is 1. The van der Waals surface area contributed by atoms with Crippen LogP contribution in [0.4, 0.5) is 5.69 Å². The third-order valence-corrected chi connectivity index (χ3v) is 3.72. The van der Waals surface area contributed by atoms with E-state index in [4.69, 9.17) is 9.15 Å². The third kappa shape index (κ3) is 3.12. The van der Waals surface area contributed by atoms with Gasteiger partial charge in [-0.3, -0.25) is 4.79 Å². The van der Waals surface area contributed by atoms with Gasteiger partial charge in [0.2, 0.25) is 0 Å². The lowest BCUT2D eigenvalue weighted by Gasteiger charge is -2.05.